The lowest BCUT2D eigenvalue weighted by atomic mass is 10.1. The molecule has 1 aromatic carbocycles. The summed E-state index contributed by atoms with van der Waals surface area (Å²) in [6.07, 6.45) is 1.57. The molecule has 1 aromatic heterocycles. The number of nitrogens with two attached hydrogens (primary N) is 1. The number of hydrogen-bond donors (Lipinski definition) is 2. The Balaban J connectivity index is 2.22. The van der Waals surface area contributed by atoms with Gasteiger partial charge in [-0.25, -0.2) is 4.98 Å². The van der Waals surface area contributed by atoms with Gasteiger partial charge in [-0.05, 0) is 18.2 Å². The molecule has 0 bridgehead atoms. The number of benzene rings is 1. The SMILES string of the molecule is COc1ccc(C(Nc2ccccc2)C(N)=O)cn1. The Labute approximate surface area is 111 Å². The molecule has 5 nitrogen and oxygen atoms in total. The van der Waals surface area contributed by atoms with Gasteiger partial charge in [0.2, 0.25) is 11.8 Å². The molecule has 2 aromatic rings. The number of primary amides is 1. The average molecular weight is 257 g/mol. The van der Waals surface area contributed by atoms with E-state index in [1.54, 1.807) is 18.3 Å². The maximum Gasteiger partial charge on any atom is 0.244 e. The van der Waals surface area contributed by atoms with Crippen LogP contribution in [0.5, 0.6) is 5.88 Å². The van der Waals surface area contributed by atoms with Crippen molar-refractivity contribution in [1.82, 2.24) is 4.98 Å². The molecule has 0 saturated carbocycles. The second-order valence-electron chi connectivity index (χ2n) is 3.98. The fourth-order valence-corrected chi connectivity index (χ4v) is 1.70. The Morgan fingerprint density at radius 2 is 2.00 bits per heavy atom. The maximum absolute atomic E-state index is 11.6. The quantitative estimate of drug-likeness (QED) is 0.855. The van der Waals surface area contributed by atoms with Crippen molar-refractivity contribution in [3.05, 3.63) is 54.2 Å². The third-order valence-electron chi connectivity index (χ3n) is 2.67. The van der Waals surface area contributed by atoms with E-state index in [2.05, 4.69) is 10.3 Å². The summed E-state index contributed by atoms with van der Waals surface area (Å²) in [7, 11) is 1.54. The zero-order valence-corrected chi connectivity index (χ0v) is 10.5. The Morgan fingerprint density at radius 1 is 1.26 bits per heavy atom. The summed E-state index contributed by atoms with van der Waals surface area (Å²) in [6.45, 7) is 0. The molecule has 1 amide bonds. The molecule has 3 N–H and O–H groups in total. The summed E-state index contributed by atoms with van der Waals surface area (Å²) in [4.78, 5) is 15.6. The van der Waals surface area contributed by atoms with E-state index in [4.69, 9.17) is 10.5 Å². The minimum absolute atomic E-state index is 0.462. The van der Waals surface area contributed by atoms with Crippen LogP contribution < -0.4 is 15.8 Å². The van der Waals surface area contributed by atoms with Gasteiger partial charge in [0.1, 0.15) is 6.04 Å². The molecule has 1 heterocycles. The van der Waals surface area contributed by atoms with Crippen molar-refractivity contribution in [2.24, 2.45) is 5.73 Å². The number of carbonyl (C=O) groups is 1. The Bertz CT molecular complexity index is 540. The van der Waals surface area contributed by atoms with Crippen LogP contribution in [0.4, 0.5) is 5.69 Å². The summed E-state index contributed by atoms with van der Waals surface area (Å²) < 4.78 is 4.98. The van der Waals surface area contributed by atoms with Crippen molar-refractivity contribution in [3.8, 4) is 5.88 Å². The highest BCUT2D eigenvalue weighted by Gasteiger charge is 2.17. The van der Waals surface area contributed by atoms with Gasteiger partial charge >= 0.3 is 0 Å². The normalized spacial score (nSPS) is 11.6. The molecule has 0 saturated heterocycles. The van der Waals surface area contributed by atoms with Crippen molar-refractivity contribution < 1.29 is 9.53 Å². The molecule has 0 fully saturated rings. The van der Waals surface area contributed by atoms with Crippen LogP contribution in [-0.2, 0) is 4.79 Å². The lowest BCUT2D eigenvalue weighted by Gasteiger charge is -2.16. The molecule has 19 heavy (non-hydrogen) atoms. The van der Waals surface area contributed by atoms with Crippen molar-refractivity contribution in [1.29, 1.82) is 0 Å². The van der Waals surface area contributed by atoms with Gasteiger partial charge in [0, 0.05) is 23.5 Å². The zero-order chi connectivity index (χ0) is 13.7. The number of pyridine rings is 1. The number of ether oxygens (including phenoxy) is 1. The molecule has 2 rings (SSSR count). The van der Waals surface area contributed by atoms with Gasteiger partial charge in [0.25, 0.3) is 0 Å². The van der Waals surface area contributed by atoms with Gasteiger partial charge in [-0.1, -0.05) is 18.2 Å². The molecule has 98 valence electrons. The van der Waals surface area contributed by atoms with Crippen LogP contribution in [0.2, 0.25) is 0 Å². The molecule has 0 aliphatic heterocycles. The number of carbonyl (C=O) groups excluding carboxylic acids is 1. The summed E-state index contributed by atoms with van der Waals surface area (Å²) in [5.74, 6) is 0.0301. The fraction of sp³-hybridized carbons (Fsp3) is 0.143. The highest BCUT2D eigenvalue weighted by Crippen LogP contribution is 2.20. The number of rotatable bonds is 5. The minimum Gasteiger partial charge on any atom is -0.481 e. The van der Waals surface area contributed by atoms with E-state index in [1.807, 2.05) is 30.3 Å². The fourth-order valence-electron chi connectivity index (χ4n) is 1.70. The first-order valence-corrected chi connectivity index (χ1v) is 5.81. The van der Waals surface area contributed by atoms with E-state index >= 15 is 0 Å². The first-order valence-electron chi connectivity index (χ1n) is 5.81. The molecule has 1 atom stereocenters. The van der Waals surface area contributed by atoms with Crippen LogP contribution in [0.3, 0.4) is 0 Å². The Morgan fingerprint density at radius 3 is 2.53 bits per heavy atom. The summed E-state index contributed by atoms with van der Waals surface area (Å²) in [6, 6.07) is 12.2. The molecule has 0 aliphatic carbocycles. The van der Waals surface area contributed by atoms with Crippen LogP contribution in [-0.4, -0.2) is 18.0 Å². The zero-order valence-electron chi connectivity index (χ0n) is 10.5. The summed E-state index contributed by atoms with van der Waals surface area (Å²) >= 11 is 0. The van der Waals surface area contributed by atoms with E-state index in [0.717, 1.165) is 5.69 Å². The topological polar surface area (TPSA) is 77.2 Å². The van der Waals surface area contributed by atoms with Crippen LogP contribution in [0.1, 0.15) is 11.6 Å². The second-order valence-corrected chi connectivity index (χ2v) is 3.98. The minimum atomic E-state index is -0.624. The monoisotopic (exact) mass is 257 g/mol. The van der Waals surface area contributed by atoms with Crippen LogP contribution in [0.25, 0.3) is 0 Å². The average Bonchev–Trinajstić information content (AvgIpc) is 2.46. The first kappa shape index (κ1) is 12.9. The summed E-state index contributed by atoms with van der Waals surface area (Å²) in [5, 5.41) is 3.08. The van der Waals surface area contributed by atoms with Gasteiger partial charge in [-0.3, -0.25) is 4.79 Å². The van der Waals surface area contributed by atoms with Crippen LogP contribution >= 0.6 is 0 Å². The number of anilines is 1. The van der Waals surface area contributed by atoms with Gasteiger partial charge < -0.3 is 15.8 Å². The molecule has 1 unspecified atom stereocenters. The van der Waals surface area contributed by atoms with Crippen molar-refractivity contribution in [2.75, 3.05) is 12.4 Å². The van der Waals surface area contributed by atoms with E-state index in [9.17, 15) is 4.79 Å². The lowest BCUT2D eigenvalue weighted by Crippen LogP contribution is -2.27. The maximum atomic E-state index is 11.6. The van der Waals surface area contributed by atoms with Crippen LogP contribution in [0.15, 0.2) is 48.7 Å². The van der Waals surface area contributed by atoms with E-state index < -0.39 is 11.9 Å². The van der Waals surface area contributed by atoms with Crippen LogP contribution in [0, 0.1) is 0 Å². The second kappa shape index (κ2) is 5.86. The lowest BCUT2D eigenvalue weighted by molar-refractivity contribution is -0.118. The molecule has 0 spiro atoms. The smallest absolute Gasteiger partial charge is 0.244 e. The standard InChI is InChI=1S/C14H15N3O2/c1-19-12-8-7-10(9-16-12)13(14(15)18)17-11-5-3-2-4-6-11/h2-9,13,17H,1H3,(H2,15,18). The number of hydrogen-bond acceptors (Lipinski definition) is 4. The van der Waals surface area contributed by atoms with Crippen molar-refractivity contribution in [3.63, 3.8) is 0 Å². The number of nitrogens with zero attached hydrogens (tertiary/aromatic N) is 1. The molecular formula is C14H15N3O2. The number of para-hydroxylation sites is 1. The predicted octanol–water partition coefficient (Wildman–Crippen LogP) is 1.73. The predicted molar refractivity (Wildman–Crippen MR) is 72.8 cm³/mol. The van der Waals surface area contributed by atoms with Crippen molar-refractivity contribution >= 4 is 11.6 Å². The third-order valence-corrected chi connectivity index (χ3v) is 2.67. The highest BCUT2D eigenvalue weighted by atomic mass is 16.5. The van der Waals surface area contributed by atoms with E-state index in [1.165, 1.54) is 7.11 Å². The van der Waals surface area contributed by atoms with Gasteiger partial charge in [0.05, 0.1) is 7.11 Å². The molecular weight excluding hydrogens is 242 g/mol. The van der Waals surface area contributed by atoms with E-state index in [-0.39, 0.29) is 0 Å². The number of methoxy groups -OCH3 is 1. The first-order chi connectivity index (χ1) is 9.20. The summed E-state index contributed by atoms with van der Waals surface area (Å²) in [5.41, 5.74) is 6.94. The largest absolute Gasteiger partial charge is 0.481 e. The Kier molecular flexibility index (Phi) is 3.97. The molecule has 0 radical (unpaired) electrons. The number of aromatic nitrogens is 1. The van der Waals surface area contributed by atoms with E-state index in [0.29, 0.717) is 11.4 Å². The Hall–Kier alpha value is -2.56. The number of nitrogens with one attached hydrogen (secondary N) is 1. The molecule has 5 heteroatoms. The van der Waals surface area contributed by atoms with Gasteiger partial charge in [0.15, 0.2) is 0 Å². The van der Waals surface area contributed by atoms with Crippen molar-refractivity contribution in [2.45, 2.75) is 6.04 Å². The van der Waals surface area contributed by atoms with Gasteiger partial charge in [-0.2, -0.15) is 0 Å². The highest BCUT2D eigenvalue weighted by molar-refractivity contribution is 5.84. The molecule has 0 aliphatic rings. The third kappa shape index (κ3) is 3.22. The number of amides is 1. The van der Waals surface area contributed by atoms with Gasteiger partial charge in [-0.15, -0.1) is 0 Å².